The first-order valence-electron chi connectivity index (χ1n) is 10.9. The van der Waals surface area contributed by atoms with Crippen molar-refractivity contribution in [2.45, 2.75) is 32.3 Å². The van der Waals surface area contributed by atoms with Crippen LogP contribution in [0.4, 0.5) is 4.39 Å². The highest BCUT2D eigenvalue weighted by molar-refractivity contribution is 6.39. The second-order valence-electron chi connectivity index (χ2n) is 8.20. The van der Waals surface area contributed by atoms with Crippen molar-refractivity contribution in [3.05, 3.63) is 52.2 Å². The topological polar surface area (TPSA) is 81.0 Å². The maximum Gasteiger partial charge on any atom is 0.258 e. The maximum absolute atomic E-state index is 14.0. The SMILES string of the molecule is CCCN1CCC(Oc2cc(F)ccc2C(=O)N2CC(=N)/C(=C3/N=CC(Cl)=CN3)C2)CC1. The Morgan fingerprint density at radius 3 is 2.81 bits per heavy atom. The first-order chi connectivity index (χ1) is 15.4. The average Bonchev–Trinajstić information content (AvgIpc) is 3.17. The van der Waals surface area contributed by atoms with E-state index in [0.29, 0.717) is 27.7 Å². The Kier molecular flexibility index (Phi) is 6.91. The minimum atomic E-state index is -0.443. The number of benzene rings is 1. The summed E-state index contributed by atoms with van der Waals surface area (Å²) in [5, 5.41) is 11.7. The summed E-state index contributed by atoms with van der Waals surface area (Å²) in [6, 6.07) is 4.02. The molecule has 0 atom stereocenters. The molecule has 3 heterocycles. The summed E-state index contributed by atoms with van der Waals surface area (Å²) in [5.74, 6) is 0.0303. The average molecular weight is 460 g/mol. The van der Waals surface area contributed by atoms with E-state index < -0.39 is 5.82 Å². The lowest BCUT2D eigenvalue weighted by atomic mass is 10.1. The first-order valence-corrected chi connectivity index (χ1v) is 11.3. The van der Waals surface area contributed by atoms with Gasteiger partial charge in [0.15, 0.2) is 0 Å². The molecule has 4 rings (SSSR count). The molecule has 0 aliphatic carbocycles. The standard InChI is InChI=1S/C23H27ClFN5O2/c1-2-7-29-8-5-17(6-9-29)32-21-10-16(25)3-4-18(21)23(31)30-13-19(20(26)14-30)22-27-11-15(24)12-28-22/h3-4,10-12,17,26-27H,2,5-9,13-14H2,1H3/b22-19+,26-20?. The lowest BCUT2D eigenvalue weighted by Gasteiger charge is -2.32. The zero-order valence-corrected chi connectivity index (χ0v) is 18.8. The van der Waals surface area contributed by atoms with Gasteiger partial charge in [0.2, 0.25) is 0 Å². The molecular weight excluding hydrogens is 433 g/mol. The first kappa shape index (κ1) is 22.5. The summed E-state index contributed by atoms with van der Waals surface area (Å²) in [7, 11) is 0. The number of hydrogen-bond donors (Lipinski definition) is 2. The number of halogens is 2. The summed E-state index contributed by atoms with van der Waals surface area (Å²) < 4.78 is 20.1. The summed E-state index contributed by atoms with van der Waals surface area (Å²) in [6.45, 7) is 5.48. The van der Waals surface area contributed by atoms with Gasteiger partial charge in [-0.05, 0) is 37.9 Å². The van der Waals surface area contributed by atoms with Crippen LogP contribution in [0, 0.1) is 11.2 Å². The molecule has 3 aliphatic rings. The second-order valence-corrected chi connectivity index (χ2v) is 8.63. The Balaban J connectivity index is 1.48. The van der Waals surface area contributed by atoms with Crippen LogP contribution in [0.15, 0.2) is 45.8 Å². The van der Waals surface area contributed by atoms with Crippen LogP contribution in [0.1, 0.15) is 36.5 Å². The fourth-order valence-electron chi connectivity index (χ4n) is 4.18. The molecule has 1 aromatic carbocycles. The lowest BCUT2D eigenvalue weighted by Crippen LogP contribution is -2.39. The number of nitrogens with zero attached hydrogens (tertiary/aromatic N) is 3. The Morgan fingerprint density at radius 1 is 1.34 bits per heavy atom. The van der Waals surface area contributed by atoms with Gasteiger partial charge in [-0.25, -0.2) is 9.38 Å². The Bertz CT molecular complexity index is 998. The van der Waals surface area contributed by atoms with Gasteiger partial charge in [-0.15, -0.1) is 0 Å². The molecule has 0 spiro atoms. The highest BCUT2D eigenvalue weighted by Crippen LogP contribution is 2.28. The Morgan fingerprint density at radius 2 is 2.12 bits per heavy atom. The van der Waals surface area contributed by atoms with E-state index in [9.17, 15) is 9.18 Å². The molecule has 9 heteroatoms. The van der Waals surface area contributed by atoms with Gasteiger partial charge < -0.3 is 25.3 Å². The highest BCUT2D eigenvalue weighted by Gasteiger charge is 2.32. The number of carbonyl (C=O) groups excluding carboxylic acids is 1. The number of amides is 1. The summed E-state index contributed by atoms with van der Waals surface area (Å²) >= 11 is 5.88. The summed E-state index contributed by atoms with van der Waals surface area (Å²) in [6.07, 6.45) is 5.83. The van der Waals surface area contributed by atoms with Crippen LogP contribution in [0.25, 0.3) is 0 Å². The molecule has 2 saturated heterocycles. The van der Waals surface area contributed by atoms with Gasteiger partial charge >= 0.3 is 0 Å². The van der Waals surface area contributed by atoms with Crippen molar-refractivity contribution in [2.75, 3.05) is 32.7 Å². The fraction of sp³-hybridized carbons (Fsp3) is 0.435. The summed E-state index contributed by atoms with van der Waals surface area (Å²) in [4.78, 5) is 21.5. The van der Waals surface area contributed by atoms with Crippen LogP contribution >= 0.6 is 11.6 Å². The molecule has 1 amide bonds. The number of ether oxygens (including phenoxy) is 1. The molecule has 3 aliphatic heterocycles. The van der Waals surface area contributed by atoms with Crippen molar-refractivity contribution in [1.82, 2.24) is 15.1 Å². The number of rotatable bonds is 5. The number of hydrogen-bond acceptors (Lipinski definition) is 6. The van der Waals surface area contributed by atoms with Gasteiger partial charge in [0, 0.05) is 37.1 Å². The highest BCUT2D eigenvalue weighted by atomic mass is 35.5. The molecule has 2 N–H and O–H groups in total. The van der Waals surface area contributed by atoms with Gasteiger partial charge in [-0.1, -0.05) is 18.5 Å². The summed E-state index contributed by atoms with van der Waals surface area (Å²) in [5.41, 5.74) is 1.24. The van der Waals surface area contributed by atoms with Crippen molar-refractivity contribution >= 4 is 29.4 Å². The molecule has 0 bridgehead atoms. The van der Waals surface area contributed by atoms with E-state index in [1.807, 2.05) is 0 Å². The Hall–Kier alpha value is -2.71. The maximum atomic E-state index is 14.0. The minimum absolute atomic E-state index is 0.0525. The minimum Gasteiger partial charge on any atom is -0.489 e. The van der Waals surface area contributed by atoms with E-state index >= 15 is 0 Å². The number of aliphatic imine (C=N–C) groups is 1. The van der Waals surface area contributed by atoms with Gasteiger partial charge in [0.25, 0.3) is 5.91 Å². The van der Waals surface area contributed by atoms with Crippen molar-refractivity contribution in [3.8, 4) is 5.75 Å². The zero-order valence-electron chi connectivity index (χ0n) is 18.0. The van der Waals surface area contributed by atoms with Gasteiger partial charge in [-0.2, -0.15) is 0 Å². The molecule has 0 saturated carbocycles. The van der Waals surface area contributed by atoms with Crippen molar-refractivity contribution < 1.29 is 13.9 Å². The van der Waals surface area contributed by atoms with Gasteiger partial charge in [0.1, 0.15) is 23.5 Å². The van der Waals surface area contributed by atoms with Crippen LogP contribution in [-0.2, 0) is 0 Å². The third kappa shape index (κ3) is 5.02. The van der Waals surface area contributed by atoms with E-state index in [1.165, 1.54) is 24.4 Å². The number of allylic oxidation sites excluding steroid dienone is 1. The van der Waals surface area contributed by atoms with Crippen LogP contribution < -0.4 is 10.1 Å². The smallest absolute Gasteiger partial charge is 0.258 e. The second kappa shape index (κ2) is 9.83. The molecule has 0 radical (unpaired) electrons. The molecule has 7 nitrogen and oxygen atoms in total. The van der Waals surface area contributed by atoms with Crippen molar-refractivity contribution in [2.24, 2.45) is 4.99 Å². The van der Waals surface area contributed by atoms with Crippen LogP contribution in [0.3, 0.4) is 0 Å². The fourth-order valence-corrected chi connectivity index (χ4v) is 4.28. The van der Waals surface area contributed by atoms with E-state index in [1.54, 1.807) is 11.1 Å². The lowest BCUT2D eigenvalue weighted by molar-refractivity contribution is 0.0778. The third-order valence-corrected chi connectivity index (χ3v) is 6.05. The van der Waals surface area contributed by atoms with E-state index in [4.69, 9.17) is 21.7 Å². The number of nitrogens with one attached hydrogen (secondary N) is 2. The molecule has 2 fully saturated rings. The molecular formula is C23H27ClFN5O2. The monoisotopic (exact) mass is 459 g/mol. The van der Waals surface area contributed by atoms with Gasteiger partial charge in [-0.3, -0.25) is 4.79 Å². The quantitative estimate of drug-likeness (QED) is 0.706. The number of likely N-dealkylation sites (tertiary alicyclic amines) is 2. The van der Waals surface area contributed by atoms with Crippen LogP contribution in [0.5, 0.6) is 5.75 Å². The van der Waals surface area contributed by atoms with Crippen molar-refractivity contribution in [3.63, 3.8) is 0 Å². The number of carbonyl (C=O) groups is 1. The molecule has 170 valence electrons. The van der Waals surface area contributed by atoms with Crippen molar-refractivity contribution in [1.29, 1.82) is 5.41 Å². The largest absolute Gasteiger partial charge is 0.489 e. The van der Waals surface area contributed by atoms with E-state index in [-0.39, 0.29) is 30.9 Å². The predicted octanol–water partition coefficient (Wildman–Crippen LogP) is 3.52. The molecule has 1 aromatic rings. The van der Waals surface area contributed by atoms with Crippen LogP contribution in [-0.4, -0.2) is 66.5 Å². The van der Waals surface area contributed by atoms with Gasteiger partial charge in [0.05, 0.1) is 29.4 Å². The third-order valence-electron chi connectivity index (χ3n) is 5.84. The number of piperidine rings is 1. The molecule has 0 aromatic heterocycles. The van der Waals surface area contributed by atoms with E-state index in [2.05, 4.69) is 22.1 Å². The molecule has 32 heavy (non-hydrogen) atoms. The zero-order chi connectivity index (χ0) is 22.7. The molecule has 0 unspecified atom stereocenters. The van der Waals surface area contributed by atoms with E-state index in [0.717, 1.165) is 38.9 Å². The predicted molar refractivity (Wildman–Crippen MR) is 123 cm³/mol. The normalized spacial score (nSPS) is 22.2. The Labute approximate surface area is 192 Å². The van der Waals surface area contributed by atoms with Crippen LogP contribution in [0.2, 0.25) is 0 Å².